The highest BCUT2D eigenvalue weighted by Gasteiger charge is 2.22. The highest BCUT2D eigenvalue weighted by atomic mass is 16.5. The standard InChI is InChI=1S/C31H43NO4/c1-3-4-5-6-10-17-29(33)32(2)22-28-26(19-21-30(34)35)18-20-27(25-15-8-7-9-16-25)31(28)36-23-24-13-11-12-14-24/h7-9,15-16,18,20,24H,3-6,10-14,17,19,21-23H2,1-2H3,(H,34,35). The Kier molecular flexibility index (Phi) is 11.3. The van der Waals surface area contributed by atoms with E-state index in [4.69, 9.17) is 4.74 Å². The van der Waals surface area contributed by atoms with Crippen molar-refractivity contribution in [3.8, 4) is 16.9 Å². The van der Waals surface area contributed by atoms with Gasteiger partial charge in [-0.25, -0.2) is 0 Å². The molecule has 1 fully saturated rings. The quantitative estimate of drug-likeness (QED) is 0.265. The summed E-state index contributed by atoms with van der Waals surface area (Å²) in [6, 6.07) is 14.2. The molecular weight excluding hydrogens is 450 g/mol. The first kappa shape index (κ1) is 27.8. The van der Waals surface area contributed by atoms with Crippen molar-refractivity contribution in [1.82, 2.24) is 4.90 Å². The summed E-state index contributed by atoms with van der Waals surface area (Å²) in [5.74, 6) is 0.658. The predicted octanol–water partition coefficient (Wildman–Crippen LogP) is 7.26. The molecule has 3 rings (SSSR count). The van der Waals surface area contributed by atoms with E-state index in [-0.39, 0.29) is 12.3 Å². The fourth-order valence-corrected chi connectivity index (χ4v) is 5.10. The molecule has 0 radical (unpaired) electrons. The summed E-state index contributed by atoms with van der Waals surface area (Å²) in [5, 5.41) is 9.35. The Labute approximate surface area is 216 Å². The van der Waals surface area contributed by atoms with Crippen molar-refractivity contribution in [3.63, 3.8) is 0 Å². The fraction of sp³-hybridized carbons (Fsp3) is 0.548. The maximum absolute atomic E-state index is 13.0. The number of hydrogen-bond donors (Lipinski definition) is 1. The van der Waals surface area contributed by atoms with Crippen molar-refractivity contribution < 1.29 is 19.4 Å². The van der Waals surface area contributed by atoms with Crippen LogP contribution in [0.25, 0.3) is 11.1 Å². The van der Waals surface area contributed by atoms with Crippen LogP contribution in [0.5, 0.6) is 5.75 Å². The number of unbranched alkanes of at least 4 members (excludes halogenated alkanes) is 4. The van der Waals surface area contributed by atoms with Gasteiger partial charge in [-0.15, -0.1) is 0 Å². The number of ether oxygens (including phenoxy) is 1. The summed E-state index contributed by atoms with van der Waals surface area (Å²) in [4.78, 5) is 26.2. The maximum Gasteiger partial charge on any atom is 0.303 e. The second-order valence-corrected chi connectivity index (χ2v) is 10.2. The number of aryl methyl sites for hydroxylation is 1. The lowest BCUT2D eigenvalue weighted by molar-refractivity contribution is -0.137. The summed E-state index contributed by atoms with van der Waals surface area (Å²) in [7, 11) is 1.85. The molecule has 0 heterocycles. The van der Waals surface area contributed by atoms with Crippen LogP contribution in [-0.2, 0) is 22.6 Å². The minimum absolute atomic E-state index is 0.0504. The Morgan fingerprint density at radius 2 is 1.69 bits per heavy atom. The number of carboxylic acid groups (broad SMARTS) is 1. The van der Waals surface area contributed by atoms with Gasteiger partial charge in [-0.3, -0.25) is 9.59 Å². The van der Waals surface area contributed by atoms with E-state index in [1.54, 1.807) is 4.90 Å². The van der Waals surface area contributed by atoms with Crippen LogP contribution in [-0.4, -0.2) is 35.5 Å². The Balaban J connectivity index is 1.89. The van der Waals surface area contributed by atoms with Crippen molar-refractivity contribution in [2.75, 3.05) is 13.7 Å². The van der Waals surface area contributed by atoms with Gasteiger partial charge in [0.15, 0.2) is 0 Å². The van der Waals surface area contributed by atoms with Crippen LogP contribution in [0.3, 0.4) is 0 Å². The molecule has 0 aliphatic heterocycles. The van der Waals surface area contributed by atoms with E-state index in [1.807, 2.05) is 31.3 Å². The van der Waals surface area contributed by atoms with Crippen LogP contribution in [0.1, 0.15) is 88.7 Å². The third kappa shape index (κ3) is 8.39. The first-order valence-electron chi connectivity index (χ1n) is 13.8. The van der Waals surface area contributed by atoms with E-state index in [9.17, 15) is 14.7 Å². The van der Waals surface area contributed by atoms with Gasteiger partial charge in [0.1, 0.15) is 5.75 Å². The van der Waals surface area contributed by atoms with Gasteiger partial charge >= 0.3 is 5.97 Å². The van der Waals surface area contributed by atoms with Gasteiger partial charge in [-0.2, -0.15) is 0 Å². The lowest BCUT2D eigenvalue weighted by Gasteiger charge is -2.25. The zero-order valence-electron chi connectivity index (χ0n) is 22.1. The highest BCUT2D eigenvalue weighted by Crippen LogP contribution is 2.38. The van der Waals surface area contributed by atoms with Crippen molar-refractivity contribution >= 4 is 11.9 Å². The lowest BCUT2D eigenvalue weighted by atomic mass is 9.94. The van der Waals surface area contributed by atoms with Crippen LogP contribution in [0.15, 0.2) is 42.5 Å². The van der Waals surface area contributed by atoms with Crippen molar-refractivity contribution in [2.45, 2.75) is 90.5 Å². The molecule has 0 atom stereocenters. The number of carbonyl (C=O) groups excluding carboxylic acids is 1. The number of carboxylic acids is 1. The second kappa shape index (κ2) is 14.7. The zero-order chi connectivity index (χ0) is 25.8. The number of hydrogen-bond acceptors (Lipinski definition) is 3. The Bertz CT molecular complexity index is 966. The Morgan fingerprint density at radius 1 is 0.972 bits per heavy atom. The largest absolute Gasteiger partial charge is 0.492 e. The van der Waals surface area contributed by atoms with Crippen LogP contribution < -0.4 is 4.74 Å². The van der Waals surface area contributed by atoms with Gasteiger partial charge in [-0.05, 0) is 42.7 Å². The molecule has 0 aromatic heterocycles. The molecule has 1 aliphatic rings. The predicted molar refractivity (Wildman–Crippen MR) is 145 cm³/mol. The third-order valence-electron chi connectivity index (χ3n) is 7.30. The summed E-state index contributed by atoms with van der Waals surface area (Å²) in [6.45, 7) is 3.27. The number of carbonyl (C=O) groups is 2. The van der Waals surface area contributed by atoms with Crippen molar-refractivity contribution in [3.05, 3.63) is 53.6 Å². The molecule has 2 aromatic carbocycles. The third-order valence-corrected chi connectivity index (χ3v) is 7.30. The maximum atomic E-state index is 13.0. The first-order valence-corrected chi connectivity index (χ1v) is 13.8. The molecule has 1 aliphatic carbocycles. The Morgan fingerprint density at radius 3 is 2.39 bits per heavy atom. The van der Waals surface area contributed by atoms with Crippen LogP contribution in [0.4, 0.5) is 0 Å². The SMILES string of the molecule is CCCCCCCC(=O)N(C)Cc1c(CCC(=O)O)ccc(-c2ccccc2)c1OCC1CCCC1. The second-order valence-electron chi connectivity index (χ2n) is 10.2. The minimum atomic E-state index is -0.821. The molecule has 0 spiro atoms. The number of aliphatic carboxylic acids is 1. The molecule has 0 unspecified atom stereocenters. The fourth-order valence-electron chi connectivity index (χ4n) is 5.10. The normalized spacial score (nSPS) is 13.6. The lowest BCUT2D eigenvalue weighted by Crippen LogP contribution is -2.27. The molecule has 1 amide bonds. The van der Waals surface area contributed by atoms with Gasteiger partial charge in [-0.1, -0.05) is 87.9 Å². The van der Waals surface area contributed by atoms with E-state index in [1.165, 1.54) is 44.9 Å². The molecule has 0 bridgehead atoms. The number of benzene rings is 2. The zero-order valence-corrected chi connectivity index (χ0v) is 22.1. The molecule has 1 saturated carbocycles. The molecular formula is C31H43NO4. The molecule has 5 nitrogen and oxygen atoms in total. The van der Waals surface area contributed by atoms with Crippen molar-refractivity contribution in [1.29, 1.82) is 0 Å². The van der Waals surface area contributed by atoms with Crippen LogP contribution in [0, 0.1) is 5.92 Å². The average molecular weight is 494 g/mol. The smallest absolute Gasteiger partial charge is 0.303 e. The summed E-state index contributed by atoms with van der Waals surface area (Å²) in [6.07, 6.45) is 11.4. The summed E-state index contributed by atoms with van der Waals surface area (Å²) >= 11 is 0. The average Bonchev–Trinajstić information content (AvgIpc) is 3.40. The topological polar surface area (TPSA) is 66.8 Å². The molecule has 0 saturated heterocycles. The van der Waals surface area contributed by atoms with Gasteiger partial charge < -0.3 is 14.7 Å². The summed E-state index contributed by atoms with van der Waals surface area (Å²) in [5.41, 5.74) is 3.96. The monoisotopic (exact) mass is 493 g/mol. The molecule has 196 valence electrons. The van der Waals surface area contributed by atoms with Crippen LogP contribution >= 0.6 is 0 Å². The molecule has 5 heteroatoms. The first-order chi connectivity index (χ1) is 17.5. The molecule has 2 aromatic rings. The number of rotatable bonds is 15. The van der Waals surface area contributed by atoms with E-state index in [2.05, 4.69) is 25.1 Å². The van der Waals surface area contributed by atoms with E-state index >= 15 is 0 Å². The van der Waals surface area contributed by atoms with Gasteiger partial charge in [0, 0.05) is 37.6 Å². The van der Waals surface area contributed by atoms with E-state index in [0.717, 1.165) is 40.8 Å². The minimum Gasteiger partial charge on any atom is -0.492 e. The van der Waals surface area contributed by atoms with E-state index < -0.39 is 5.97 Å². The number of amides is 1. The highest BCUT2D eigenvalue weighted by molar-refractivity contribution is 5.77. The Hall–Kier alpha value is -2.82. The number of nitrogens with zero attached hydrogens (tertiary/aromatic N) is 1. The van der Waals surface area contributed by atoms with E-state index in [0.29, 0.717) is 31.9 Å². The van der Waals surface area contributed by atoms with Gasteiger partial charge in [0.25, 0.3) is 0 Å². The van der Waals surface area contributed by atoms with Gasteiger partial charge in [0.05, 0.1) is 6.61 Å². The van der Waals surface area contributed by atoms with Crippen molar-refractivity contribution in [2.24, 2.45) is 5.92 Å². The van der Waals surface area contributed by atoms with Gasteiger partial charge in [0.2, 0.25) is 5.91 Å². The molecule has 1 N–H and O–H groups in total. The molecule has 36 heavy (non-hydrogen) atoms. The van der Waals surface area contributed by atoms with Crippen LogP contribution in [0.2, 0.25) is 0 Å². The summed E-state index contributed by atoms with van der Waals surface area (Å²) < 4.78 is 6.57.